The molecule has 1 aromatic rings. The van der Waals surface area contributed by atoms with Gasteiger partial charge in [-0.25, -0.2) is 4.79 Å². The summed E-state index contributed by atoms with van der Waals surface area (Å²) in [5, 5.41) is 8.75. The Morgan fingerprint density at radius 1 is 1.31 bits per heavy atom. The Labute approximate surface area is 152 Å². The van der Waals surface area contributed by atoms with Crippen molar-refractivity contribution in [1.82, 2.24) is 16.0 Å². The van der Waals surface area contributed by atoms with Crippen molar-refractivity contribution >= 4 is 17.8 Å². The Morgan fingerprint density at radius 3 is 2.73 bits per heavy atom. The zero-order chi connectivity index (χ0) is 18.5. The summed E-state index contributed by atoms with van der Waals surface area (Å²) in [6.45, 7) is 1.32. The number of nitrogens with one attached hydrogen (secondary N) is 3. The van der Waals surface area contributed by atoms with E-state index in [0.29, 0.717) is 19.4 Å². The minimum atomic E-state index is -0.807. The zero-order valence-electron chi connectivity index (χ0n) is 14.9. The lowest BCUT2D eigenvalue weighted by atomic mass is 9.95. The van der Waals surface area contributed by atoms with Gasteiger partial charge in [-0.15, -0.1) is 0 Å². The van der Waals surface area contributed by atoms with Crippen LogP contribution in [0.2, 0.25) is 0 Å². The highest BCUT2D eigenvalue weighted by Gasteiger charge is 2.35. The van der Waals surface area contributed by atoms with Crippen LogP contribution in [0.1, 0.15) is 30.7 Å². The van der Waals surface area contributed by atoms with Crippen molar-refractivity contribution in [3.63, 3.8) is 0 Å². The predicted octanol–water partition coefficient (Wildman–Crippen LogP) is 0.316. The van der Waals surface area contributed by atoms with Gasteiger partial charge in [0.1, 0.15) is 6.04 Å². The van der Waals surface area contributed by atoms with E-state index < -0.39 is 12.0 Å². The van der Waals surface area contributed by atoms with Gasteiger partial charge in [0.25, 0.3) is 0 Å². The van der Waals surface area contributed by atoms with Crippen molar-refractivity contribution in [2.45, 2.75) is 37.3 Å². The van der Waals surface area contributed by atoms with E-state index in [1.54, 1.807) is 0 Å². The summed E-state index contributed by atoms with van der Waals surface area (Å²) < 4.78 is 4.81. The molecule has 4 atom stereocenters. The number of esters is 1. The summed E-state index contributed by atoms with van der Waals surface area (Å²) in [5.74, 6) is -0.818. The first-order chi connectivity index (χ1) is 12.6. The smallest absolute Gasteiger partial charge is 0.328 e. The van der Waals surface area contributed by atoms with E-state index in [9.17, 15) is 14.4 Å². The van der Waals surface area contributed by atoms with Gasteiger partial charge in [-0.2, -0.15) is 0 Å². The molecule has 0 aliphatic carbocycles. The van der Waals surface area contributed by atoms with Gasteiger partial charge in [0, 0.05) is 19.0 Å². The molecule has 2 heterocycles. The molecule has 0 saturated carbocycles. The Kier molecular flexibility index (Phi) is 5.88. The fourth-order valence-corrected chi connectivity index (χ4v) is 3.70. The largest absolute Gasteiger partial charge is 0.467 e. The van der Waals surface area contributed by atoms with Crippen LogP contribution >= 0.6 is 0 Å². The first-order valence-corrected chi connectivity index (χ1v) is 9.02. The van der Waals surface area contributed by atoms with E-state index in [1.807, 2.05) is 18.2 Å². The Hall–Kier alpha value is -2.41. The Morgan fingerprint density at radius 2 is 2.08 bits per heavy atom. The molecular formula is C19H25N3O4. The summed E-state index contributed by atoms with van der Waals surface area (Å²) >= 11 is 0. The molecule has 2 fully saturated rings. The second kappa shape index (κ2) is 8.31. The molecule has 2 aliphatic heterocycles. The average Bonchev–Trinajstić information content (AvgIpc) is 3.31. The van der Waals surface area contributed by atoms with Crippen LogP contribution in [0.15, 0.2) is 30.3 Å². The minimum Gasteiger partial charge on any atom is -0.467 e. The maximum atomic E-state index is 12.6. The van der Waals surface area contributed by atoms with E-state index in [4.69, 9.17) is 4.74 Å². The lowest BCUT2D eigenvalue weighted by molar-refractivity contribution is -0.146. The fraction of sp³-hybridized carbons (Fsp3) is 0.526. The van der Waals surface area contributed by atoms with Gasteiger partial charge in [0.2, 0.25) is 11.8 Å². The van der Waals surface area contributed by atoms with Crippen LogP contribution in [0.25, 0.3) is 0 Å². The summed E-state index contributed by atoms with van der Waals surface area (Å²) in [6.07, 6.45) is 1.60. The van der Waals surface area contributed by atoms with E-state index >= 15 is 0 Å². The number of carbonyl (C=O) groups is 3. The number of rotatable bonds is 6. The predicted molar refractivity (Wildman–Crippen MR) is 95.3 cm³/mol. The Balaban J connectivity index is 1.59. The molecular weight excluding hydrogens is 334 g/mol. The molecule has 2 amide bonds. The maximum Gasteiger partial charge on any atom is 0.328 e. The minimum absolute atomic E-state index is 0.0729. The van der Waals surface area contributed by atoms with Gasteiger partial charge in [-0.1, -0.05) is 30.3 Å². The van der Waals surface area contributed by atoms with Crippen molar-refractivity contribution in [3.05, 3.63) is 35.9 Å². The van der Waals surface area contributed by atoms with Crippen LogP contribution in [0, 0.1) is 5.92 Å². The van der Waals surface area contributed by atoms with Gasteiger partial charge in [0.05, 0.1) is 13.2 Å². The monoisotopic (exact) mass is 359 g/mol. The quantitative estimate of drug-likeness (QED) is 0.636. The van der Waals surface area contributed by atoms with E-state index in [0.717, 1.165) is 6.54 Å². The molecule has 0 spiro atoms. The van der Waals surface area contributed by atoms with Gasteiger partial charge < -0.3 is 20.7 Å². The van der Waals surface area contributed by atoms with Gasteiger partial charge in [-0.05, 0) is 30.7 Å². The lowest BCUT2D eigenvalue weighted by Gasteiger charge is -2.21. The van der Waals surface area contributed by atoms with Crippen molar-refractivity contribution in [2.24, 2.45) is 5.92 Å². The van der Waals surface area contributed by atoms with Crippen molar-refractivity contribution < 1.29 is 19.1 Å². The third-order valence-electron chi connectivity index (χ3n) is 5.20. The summed E-state index contributed by atoms with van der Waals surface area (Å²) in [4.78, 5) is 36.5. The number of hydrogen-bond donors (Lipinski definition) is 3. The number of hydrogen-bond acceptors (Lipinski definition) is 5. The van der Waals surface area contributed by atoms with Crippen LogP contribution in [0.5, 0.6) is 0 Å². The van der Waals surface area contributed by atoms with Gasteiger partial charge >= 0.3 is 5.97 Å². The normalized spacial score (nSPS) is 26.2. The number of benzene rings is 1. The molecule has 0 bridgehead atoms. The second-order valence-corrected chi connectivity index (χ2v) is 6.90. The second-order valence-electron chi connectivity index (χ2n) is 6.90. The Bertz CT molecular complexity index is 664. The van der Waals surface area contributed by atoms with Gasteiger partial charge in [0.15, 0.2) is 0 Å². The van der Waals surface area contributed by atoms with Crippen LogP contribution in [0.3, 0.4) is 0 Å². The molecule has 2 saturated heterocycles. The molecule has 0 radical (unpaired) electrons. The van der Waals surface area contributed by atoms with Crippen molar-refractivity contribution in [2.75, 3.05) is 20.2 Å². The van der Waals surface area contributed by atoms with Crippen molar-refractivity contribution in [1.29, 1.82) is 0 Å². The van der Waals surface area contributed by atoms with Crippen molar-refractivity contribution in [3.8, 4) is 0 Å². The highest BCUT2D eigenvalue weighted by molar-refractivity contribution is 5.88. The molecule has 140 valence electrons. The number of methoxy groups -OCH3 is 1. The standard InChI is InChI=1S/C19H25N3O4/c1-26-19(25)16(9-13-7-8-20-17(13)23)22-18(24)15-10-14(11-21-15)12-5-3-2-4-6-12/h2-6,13-16,21H,7-11H2,1H3,(H,20,23)(H,22,24)/t13-,14+,15?,16-/m0/s1. The van der Waals surface area contributed by atoms with E-state index in [2.05, 4.69) is 28.1 Å². The molecule has 3 N–H and O–H groups in total. The van der Waals surface area contributed by atoms with Gasteiger partial charge in [-0.3, -0.25) is 9.59 Å². The first-order valence-electron chi connectivity index (χ1n) is 9.02. The third kappa shape index (κ3) is 4.22. The van der Waals surface area contributed by atoms with E-state index in [1.165, 1.54) is 12.7 Å². The molecule has 7 heteroatoms. The number of carbonyl (C=O) groups excluding carboxylic acids is 3. The summed E-state index contributed by atoms with van der Waals surface area (Å²) in [6, 6.07) is 8.90. The first kappa shape index (κ1) is 18.4. The van der Waals surface area contributed by atoms with E-state index in [-0.39, 0.29) is 36.1 Å². The molecule has 1 unspecified atom stereocenters. The third-order valence-corrected chi connectivity index (χ3v) is 5.20. The lowest BCUT2D eigenvalue weighted by Crippen LogP contribution is -2.49. The average molecular weight is 359 g/mol. The molecule has 1 aromatic carbocycles. The highest BCUT2D eigenvalue weighted by Crippen LogP contribution is 2.26. The summed E-state index contributed by atoms with van der Waals surface area (Å²) in [7, 11) is 1.29. The highest BCUT2D eigenvalue weighted by atomic mass is 16.5. The number of ether oxygens (including phenoxy) is 1. The van der Waals surface area contributed by atoms with Crippen LogP contribution in [-0.2, 0) is 19.1 Å². The van der Waals surface area contributed by atoms with Crippen LogP contribution < -0.4 is 16.0 Å². The zero-order valence-corrected chi connectivity index (χ0v) is 14.9. The molecule has 7 nitrogen and oxygen atoms in total. The topological polar surface area (TPSA) is 96.5 Å². The summed E-state index contributed by atoms with van der Waals surface area (Å²) in [5.41, 5.74) is 1.20. The number of amides is 2. The fourth-order valence-electron chi connectivity index (χ4n) is 3.70. The SMILES string of the molecule is COC(=O)[C@H](C[C@@H]1CCNC1=O)NC(=O)C1C[C@@H](c2ccccc2)CN1. The molecule has 26 heavy (non-hydrogen) atoms. The molecule has 0 aromatic heterocycles. The molecule has 3 rings (SSSR count). The van der Waals surface area contributed by atoms with Crippen LogP contribution in [-0.4, -0.2) is 50.1 Å². The molecule has 2 aliphatic rings. The maximum absolute atomic E-state index is 12.6. The van der Waals surface area contributed by atoms with Crippen LogP contribution in [0.4, 0.5) is 0 Å².